The summed E-state index contributed by atoms with van der Waals surface area (Å²) in [6, 6.07) is 20.7. The van der Waals surface area contributed by atoms with Gasteiger partial charge in [0.25, 0.3) is 0 Å². The third-order valence-corrected chi connectivity index (χ3v) is 5.14. The van der Waals surface area contributed by atoms with E-state index in [1.807, 2.05) is 23.5 Å². The molecule has 0 unspecified atom stereocenters. The van der Waals surface area contributed by atoms with Crippen molar-refractivity contribution in [3.63, 3.8) is 0 Å². The van der Waals surface area contributed by atoms with Crippen LogP contribution < -0.4 is 0 Å². The third-order valence-electron chi connectivity index (χ3n) is 3.57. The predicted molar refractivity (Wildman–Crippen MR) is 94.8 cm³/mol. The number of halogens is 2. The molecular weight excluding hydrogens is 319 g/mol. The van der Waals surface area contributed by atoms with E-state index in [1.165, 1.54) is 20.2 Å². The zero-order chi connectivity index (χ0) is 14.4. The molecule has 0 aliphatic carbocycles. The Morgan fingerprint density at radius 2 is 1.33 bits per heavy atom. The maximum absolute atomic E-state index is 6.10. The van der Waals surface area contributed by atoms with Crippen molar-refractivity contribution in [3.8, 4) is 11.1 Å². The average molecular weight is 329 g/mol. The van der Waals surface area contributed by atoms with Crippen molar-refractivity contribution in [1.29, 1.82) is 0 Å². The number of rotatable bonds is 1. The molecule has 3 aromatic carbocycles. The van der Waals surface area contributed by atoms with E-state index in [4.69, 9.17) is 23.2 Å². The van der Waals surface area contributed by atoms with E-state index < -0.39 is 0 Å². The van der Waals surface area contributed by atoms with Gasteiger partial charge in [-0.3, -0.25) is 0 Å². The molecule has 3 heteroatoms. The van der Waals surface area contributed by atoms with E-state index in [-0.39, 0.29) is 0 Å². The molecule has 0 nitrogen and oxygen atoms in total. The van der Waals surface area contributed by atoms with Crippen LogP contribution in [-0.4, -0.2) is 0 Å². The smallest absolute Gasteiger partial charge is 0.0426 e. The second-order valence-electron chi connectivity index (χ2n) is 4.97. The normalized spacial score (nSPS) is 11.3. The van der Waals surface area contributed by atoms with Gasteiger partial charge in [0.05, 0.1) is 0 Å². The van der Waals surface area contributed by atoms with Crippen LogP contribution in [0.2, 0.25) is 10.0 Å². The van der Waals surface area contributed by atoms with Gasteiger partial charge in [-0.05, 0) is 41.5 Å². The van der Waals surface area contributed by atoms with Crippen LogP contribution in [0, 0.1) is 0 Å². The van der Waals surface area contributed by atoms with E-state index in [9.17, 15) is 0 Å². The second kappa shape index (κ2) is 5.03. The lowest BCUT2D eigenvalue weighted by atomic mass is 10.0. The summed E-state index contributed by atoms with van der Waals surface area (Å²) < 4.78 is 2.60. The van der Waals surface area contributed by atoms with Gasteiger partial charge in [0.1, 0.15) is 0 Å². The summed E-state index contributed by atoms with van der Waals surface area (Å²) in [4.78, 5) is 0. The summed E-state index contributed by atoms with van der Waals surface area (Å²) in [5.74, 6) is 0. The van der Waals surface area contributed by atoms with Crippen molar-refractivity contribution in [1.82, 2.24) is 0 Å². The van der Waals surface area contributed by atoms with Crippen LogP contribution >= 0.6 is 34.5 Å². The quantitative estimate of drug-likeness (QED) is 0.352. The maximum Gasteiger partial charge on any atom is 0.0426 e. The Hall–Kier alpha value is -1.54. The van der Waals surface area contributed by atoms with Gasteiger partial charge in [-0.25, -0.2) is 0 Å². The Morgan fingerprint density at radius 3 is 2.14 bits per heavy atom. The largest absolute Gasteiger partial charge is 0.135 e. The zero-order valence-corrected chi connectivity index (χ0v) is 13.3. The lowest BCUT2D eigenvalue weighted by Gasteiger charge is -2.04. The second-order valence-corrected chi connectivity index (χ2v) is 6.92. The molecule has 1 aromatic heterocycles. The first-order valence-corrected chi connectivity index (χ1v) is 8.16. The molecular formula is C18H10Cl2S. The van der Waals surface area contributed by atoms with Gasteiger partial charge in [0, 0.05) is 30.2 Å². The molecule has 0 atom stereocenters. The molecule has 0 amide bonds. The van der Waals surface area contributed by atoms with Crippen molar-refractivity contribution in [3.05, 3.63) is 70.7 Å². The van der Waals surface area contributed by atoms with E-state index in [0.29, 0.717) is 10.0 Å². The Kier molecular flexibility index (Phi) is 3.15. The summed E-state index contributed by atoms with van der Waals surface area (Å²) >= 11 is 14.0. The summed E-state index contributed by atoms with van der Waals surface area (Å²) in [5.41, 5.74) is 2.19. The van der Waals surface area contributed by atoms with Crippen LogP contribution in [0.1, 0.15) is 0 Å². The van der Waals surface area contributed by atoms with Gasteiger partial charge >= 0.3 is 0 Å². The first-order chi connectivity index (χ1) is 10.2. The van der Waals surface area contributed by atoms with Gasteiger partial charge in [-0.1, -0.05) is 53.5 Å². The molecule has 0 N–H and O–H groups in total. The molecule has 4 rings (SSSR count). The van der Waals surface area contributed by atoms with Gasteiger partial charge in [0.2, 0.25) is 0 Å². The SMILES string of the molecule is Clc1cc(Cl)cc(-c2ccc3c(c2)sc2ccccc23)c1. The van der Waals surface area contributed by atoms with Crippen LogP contribution in [0.4, 0.5) is 0 Å². The number of benzene rings is 3. The van der Waals surface area contributed by atoms with Crippen LogP contribution in [0.3, 0.4) is 0 Å². The Bertz CT molecular complexity index is 949. The van der Waals surface area contributed by atoms with Crippen LogP contribution in [-0.2, 0) is 0 Å². The molecule has 0 spiro atoms. The van der Waals surface area contributed by atoms with E-state index in [1.54, 1.807) is 6.07 Å². The van der Waals surface area contributed by atoms with E-state index in [2.05, 4.69) is 42.5 Å². The zero-order valence-electron chi connectivity index (χ0n) is 10.9. The molecule has 0 radical (unpaired) electrons. The molecule has 1 heterocycles. The van der Waals surface area contributed by atoms with Crippen molar-refractivity contribution >= 4 is 54.7 Å². The Labute approximate surface area is 136 Å². The predicted octanol–water partition coefficient (Wildman–Crippen LogP) is 7.03. The Balaban J connectivity index is 1.96. The molecule has 0 aliphatic rings. The first kappa shape index (κ1) is 13.1. The standard InChI is InChI=1S/C18H10Cl2S/c19-13-7-12(8-14(20)10-13)11-5-6-16-15-3-1-2-4-17(15)21-18(16)9-11/h1-10H. The van der Waals surface area contributed by atoms with E-state index >= 15 is 0 Å². The molecule has 4 aromatic rings. The number of hydrogen-bond donors (Lipinski definition) is 0. The first-order valence-electron chi connectivity index (χ1n) is 6.58. The van der Waals surface area contributed by atoms with Crippen molar-refractivity contribution in [2.75, 3.05) is 0 Å². The maximum atomic E-state index is 6.10. The van der Waals surface area contributed by atoms with E-state index in [0.717, 1.165) is 11.1 Å². The lowest BCUT2D eigenvalue weighted by Crippen LogP contribution is -1.78. The van der Waals surface area contributed by atoms with Crippen molar-refractivity contribution < 1.29 is 0 Å². The number of thiophene rings is 1. The van der Waals surface area contributed by atoms with Crippen LogP contribution in [0.15, 0.2) is 60.7 Å². The van der Waals surface area contributed by atoms with Gasteiger partial charge in [-0.2, -0.15) is 0 Å². The topological polar surface area (TPSA) is 0 Å². The summed E-state index contributed by atoms with van der Waals surface area (Å²) in [6.07, 6.45) is 0. The fraction of sp³-hybridized carbons (Fsp3) is 0. The van der Waals surface area contributed by atoms with Gasteiger partial charge in [0.15, 0.2) is 0 Å². The highest BCUT2D eigenvalue weighted by atomic mass is 35.5. The minimum absolute atomic E-state index is 0.661. The highest BCUT2D eigenvalue weighted by Crippen LogP contribution is 2.37. The molecule has 0 fully saturated rings. The number of fused-ring (bicyclic) bond motifs is 3. The minimum Gasteiger partial charge on any atom is -0.135 e. The summed E-state index contributed by atoms with van der Waals surface area (Å²) in [5, 5.41) is 3.93. The molecule has 21 heavy (non-hydrogen) atoms. The highest BCUT2D eigenvalue weighted by molar-refractivity contribution is 7.25. The average Bonchev–Trinajstić information content (AvgIpc) is 2.83. The third kappa shape index (κ3) is 2.32. The highest BCUT2D eigenvalue weighted by Gasteiger charge is 2.07. The minimum atomic E-state index is 0.661. The molecule has 0 saturated carbocycles. The monoisotopic (exact) mass is 328 g/mol. The van der Waals surface area contributed by atoms with Gasteiger partial charge < -0.3 is 0 Å². The van der Waals surface area contributed by atoms with Crippen LogP contribution in [0.25, 0.3) is 31.3 Å². The van der Waals surface area contributed by atoms with Gasteiger partial charge in [-0.15, -0.1) is 11.3 Å². The molecule has 102 valence electrons. The molecule has 0 saturated heterocycles. The molecule has 0 aliphatic heterocycles. The summed E-state index contributed by atoms with van der Waals surface area (Å²) in [7, 11) is 0. The number of hydrogen-bond acceptors (Lipinski definition) is 1. The lowest BCUT2D eigenvalue weighted by molar-refractivity contribution is 1.65. The van der Waals surface area contributed by atoms with Crippen molar-refractivity contribution in [2.45, 2.75) is 0 Å². The fourth-order valence-corrected chi connectivity index (χ4v) is 4.30. The van der Waals surface area contributed by atoms with Crippen LogP contribution in [0.5, 0.6) is 0 Å². The van der Waals surface area contributed by atoms with Crippen molar-refractivity contribution in [2.24, 2.45) is 0 Å². The summed E-state index contributed by atoms with van der Waals surface area (Å²) in [6.45, 7) is 0. The Morgan fingerprint density at radius 1 is 0.619 bits per heavy atom. The fourth-order valence-electron chi connectivity index (χ4n) is 2.63. The molecule has 0 bridgehead atoms.